The summed E-state index contributed by atoms with van der Waals surface area (Å²) in [5.41, 5.74) is 1.16. The van der Waals surface area contributed by atoms with E-state index in [1.54, 1.807) is 72.8 Å². The molecule has 1 heterocycles. The number of nitrogens with one attached hydrogen (secondary N) is 2. The summed E-state index contributed by atoms with van der Waals surface area (Å²) in [5, 5.41) is 7.95. The predicted molar refractivity (Wildman–Crippen MR) is 149 cm³/mol. The van der Waals surface area contributed by atoms with Gasteiger partial charge in [0.2, 0.25) is 17.7 Å². The highest BCUT2D eigenvalue weighted by Gasteiger charge is 2.39. The molecular formula is C31H23N3O8. The predicted octanol–water partition coefficient (Wildman–Crippen LogP) is 4.18. The van der Waals surface area contributed by atoms with Gasteiger partial charge in [-0.3, -0.25) is 19.2 Å². The fourth-order valence-corrected chi connectivity index (χ4v) is 5.25. The first-order chi connectivity index (χ1) is 20.3. The van der Waals surface area contributed by atoms with Crippen LogP contribution in [0.4, 0.5) is 9.59 Å². The molecule has 4 amide bonds. The van der Waals surface area contributed by atoms with Gasteiger partial charge in [0, 0.05) is 35.0 Å². The van der Waals surface area contributed by atoms with Crippen molar-refractivity contribution in [1.82, 2.24) is 15.7 Å². The minimum absolute atomic E-state index is 0.123. The Morgan fingerprint density at radius 1 is 0.619 bits per heavy atom. The van der Waals surface area contributed by atoms with Gasteiger partial charge in [0.1, 0.15) is 0 Å². The number of hydrogen-bond donors (Lipinski definition) is 2. The van der Waals surface area contributed by atoms with Crippen LogP contribution in [0.2, 0.25) is 0 Å². The molecule has 0 unspecified atom stereocenters. The maximum Gasteiger partial charge on any atom is 0.432 e. The third-order valence-electron chi connectivity index (χ3n) is 7.19. The van der Waals surface area contributed by atoms with Crippen LogP contribution in [0.25, 0.3) is 21.5 Å². The summed E-state index contributed by atoms with van der Waals surface area (Å²) in [5.74, 6) is -2.63. The van der Waals surface area contributed by atoms with Crippen LogP contribution in [-0.2, 0) is 9.57 Å². The summed E-state index contributed by atoms with van der Waals surface area (Å²) >= 11 is 0. The average Bonchev–Trinajstić information content (AvgIpc) is 3.00. The molecule has 0 saturated carbocycles. The number of nitrogens with zero attached hydrogens (tertiary/aromatic N) is 1. The lowest BCUT2D eigenvalue weighted by Gasteiger charge is -2.25. The number of ether oxygens (including phenoxy) is 1. The number of amides is 4. The van der Waals surface area contributed by atoms with Crippen LogP contribution < -0.4 is 10.6 Å². The molecule has 1 aliphatic heterocycles. The maximum absolute atomic E-state index is 12.9. The summed E-state index contributed by atoms with van der Waals surface area (Å²) in [6.45, 7) is 0.263. The van der Waals surface area contributed by atoms with Crippen LogP contribution in [0.3, 0.4) is 0 Å². The molecule has 0 bridgehead atoms. The van der Waals surface area contributed by atoms with Gasteiger partial charge in [0.15, 0.2) is 0 Å². The molecule has 11 heteroatoms. The summed E-state index contributed by atoms with van der Waals surface area (Å²) in [6.07, 6.45) is -2.67. The Morgan fingerprint density at radius 3 is 1.55 bits per heavy atom. The van der Waals surface area contributed by atoms with E-state index in [1.807, 2.05) is 0 Å². The lowest BCUT2D eigenvalue weighted by Crippen LogP contribution is -2.44. The minimum Gasteiger partial charge on any atom is -0.429 e. The van der Waals surface area contributed by atoms with Gasteiger partial charge < -0.3 is 20.2 Å². The smallest absolute Gasteiger partial charge is 0.429 e. The van der Waals surface area contributed by atoms with Gasteiger partial charge in [-0.2, -0.15) is 0 Å². The summed E-state index contributed by atoms with van der Waals surface area (Å²) in [7, 11) is 0. The Hall–Kier alpha value is -5.58. The third-order valence-corrected chi connectivity index (χ3v) is 7.19. The Bertz CT molecular complexity index is 1600. The van der Waals surface area contributed by atoms with E-state index in [2.05, 4.69) is 10.6 Å². The van der Waals surface area contributed by atoms with Crippen molar-refractivity contribution < 1.29 is 38.3 Å². The molecule has 0 atom stereocenters. The van der Waals surface area contributed by atoms with Gasteiger partial charge in [-0.25, -0.2) is 9.59 Å². The molecule has 210 valence electrons. The van der Waals surface area contributed by atoms with E-state index in [-0.39, 0.29) is 24.2 Å². The van der Waals surface area contributed by atoms with Crippen molar-refractivity contribution in [2.24, 2.45) is 0 Å². The normalized spacial score (nSPS) is 14.3. The topological polar surface area (TPSA) is 148 Å². The van der Waals surface area contributed by atoms with E-state index in [0.29, 0.717) is 39.8 Å². The fourth-order valence-electron chi connectivity index (χ4n) is 5.25. The van der Waals surface area contributed by atoms with Crippen molar-refractivity contribution in [1.29, 1.82) is 0 Å². The maximum atomic E-state index is 12.9. The number of Topliss-reactive ketones (excluding diaryl/α,β-unsaturated/α-hetero) is 2. The Labute approximate surface area is 238 Å². The largest absolute Gasteiger partial charge is 0.432 e. The Balaban J connectivity index is 0.953. The first-order valence-corrected chi connectivity index (χ1v) is 13.3. The Kier molecular flexibility index (Phi) is 6.83. The summed E-state index contributed by atoms with van der Waals surface area (Å²) in [4.78, 5) is 81.1. The average molecular weight is 566 g/mol. The van der Waals surface area contributed by atoms with Crippen LogP contribution >= 0.6 is 0 Å². The number of imide groups is 1. The van der Waals surface area contributed by atoms with Crippen molar-refractivity contribution in [2.45, 2.75) is 18.9 Å². The van der Waals surface area contributed by atoms with E-state index in [4.69, 9.17) is 9.57 Å². The van der Waals surface area contributed by atoms with Crippen LogP contribution in [0.1, 0.15) is 54.3 Å². The summed E-state index contributed by atoms with van der Waals surface area (Å²) < 4.78 is 5.19. The Morgan fingerprint density at radius 2 is 1.05 bits per heavy atom. The van der Waals surface area contributed by atoms with Gasteiger partial charge >= 0.3 is 12.2 Å². The summed E-state index contributed by atoms with van der Waals surface area (Å²) in [6, 6.07) is 20.3. The van der Waals surface area contributed by atoms with E-state index >= 15 is 0 Å². The van der Waals surface area contributed by atoms with Crippen molar-refractivity contribution in [3.63, 3.8) is 0 Å². The standard InChI is InChI=1S/C31H23N3O8/c35-25-19-11-3-7-17-8-4-12-20(23(17)19)26(36)27(25)41-30(39)32-15-1-2-16-33-31(40)42-34-28(37)21-13-5-9-18-10-6-14-22(24(18)21)29(34)38/h3-14,27H,1-2,15-16H2,(H,32,39)(H,33,40). The molecular weight excluding hydrogens is 542 g/mol. The third kappa shape index (κ3) is 4.60. The quantitative estimate of drug-likeness (QED) is 0.193. The number of rotatable bonds is 7. The lowest BCUT2D eigenvalue weighted by molar-refractivity contribution is -0.0492. The molecule has 6 rings (SSSR count). The second kappa shape index (κ2) is 10.8. The van der Waals surface area contributed by atoms with E-state index in [1.165, 1.54) is 0 Å². The molecule has 4 aromatic rings. The molecule has 2 aliphatic rings. The van der Waals surface area contributed by atoms with Crippen molar-refractivity contribution in [3.8, 4) is 0 Å². The first kappa shape index (κ1) is 26.6. The van der Waals surface area contributed by atoms with Gasteiger partial charge in [0.05, 0.1) is 11.1 Å². The first-order valence-electron chi connectivity index (χ1n) is 13.3. The molecule has 11 nitrogen and oxygen atoms in total. The van der Waals surface area contributed by atoms with Gasteiger partial charge in [0.25, 0.3) is 11.8 Å². The van der Waals surface area contributed by atoms with Crippen LogP contribution in [-0.4, -0.2) is 59.8 Å². The molecule has 42 heavy (non-hydrogen) atoms. The zero-order valence-corrected chi connectivity index (χ0v) is 22.0. The monoisotopic (exact) mass is 565 g/mol. The molecule has 1 aliphatic carbocycles. The van der Waals surface area contributed by atoms with Gasteiger partial charge in [-0.15, -0.1) is 0 Å². The fraction of sp³-hybridized carbons (Fsp3) is 0.161. The van der Waals surface area contributed by atoms with Crippen molar-refractivity contribution in [2.75, 3.05) is 13.1 Å². The van der Waals surface area contributed by atoms with Gasteiger partial charge in [-0.05, 0) is 35.7 Å². The number of carbonyl (C=O) groups excluding carboxylic acids is 6. The van der Waals surface area contributed by atoms with Crippen LogP contribution in [0.15, 0.2) is 72.8 Å². The SMILES string of the molecule is O=C(NCCCCNC(=O)ON1C(=O)c2cccc3cccc(c23)C1=O)OC1C(=O)c2cccc3cccc(c23)C1=O. The number of ketones is 2. The number of hydrogen-bond acceptors (Lipinski definition) is 8. The second-order valence-electron chi connectivity index (χ2n) is 9.78. The molecule has 0 fully saturated rings. The molecule has 0 aromatic heterocycles. The molecule has 0 saturated heterocycles. The van der Waals surface area contributed by atoms with E-state index in [0.717, 1.165) is 10.8 Å². The number of carbonyl (C=O) groups is 6. The van der Waals surface area contributed by atoms with Gasteiger partial charge in [-0.1, -0.05) is 65.7 Å². The second-order valence-corrected chi connectivity index (χ2v) is 9.78. The number of hydroxylamine groups is 2. The van der Waals surface area contributed by atoms with Crippen molar-refractivity contribution >= 4 is 57.1 Å². The number of alkyl carbamates (subject to hydrolysis) is 1. The molecule has 0 radical (unpaired) electrons. The molecule has 4 aromatic carbocycles. The highest BCUT2D eigenvalue weighted by molar-refractivity contribution is 6.31. The highest BCUT2D eigenvalue weighted by Crippen LogP contribution is 2.31. The molecule has 0 spiro atoms. The number of unbranched alkanes of at least 4 members (excludes halogenated alkanes) is 1. The van der Waals surface area contributed by atoms with Crippen LogP contribution in [0, 0.1) is 0 Å². The van der Waals surface area contributed by atoms with Crippen molar-refractivity contribution in [3.05, 3.63) is 95.1 Å². The van der Waals surface area contributed by atoms with Crippen LogP contribution in [0.5, 0.6) is 0 Å². The van der Waals surface area contributed by atoms with E-state index < -0.39 is 41.7 Å². The minimum atomic E-state index is -1.57. The molecule has 2 N–H and O–H groups in total. The number of benzene rings is 4. The van der Waals surface area contributed by atoms with E-state index in [9.17, 15) is 28.8 Å². The lowest BCUT2D eigenvalue weighted by atomic mass is 9.85. The highest BCUT2D eigenvalue weighted by atomic mass is 16.7. The zero-order valence-electron chi connectivity index (χ0n) is 22.0. The zero-order chi connectivity index (χ0) is 29.4.